The summed E-state index contributed by atoms with van der Waals surface area (Å²) in [6, 6.07) is 5.15. The van der Waals surface area contributed by atoms with Crippen LogP contribution < -0.4 is 4.74 Å². The zero-order valence-corrected chi connectivity index (χ0v) is 10.3. The molecule has 0 saturated heterocycles. The second-order valence-corrected chi connectivity index (χ2v) is 3.98. The molecule has 1 aromatic carbocycles. The number of hydrogen-bond acceptors (Lipinski definition) is 2. The van der Waals surface area contributed by atoms with Gasteiger partial charge >= 0.3 is 6.18 Å². The van der Waals surface area contributed by atoms with E-state index in [4.69, 9.17) is 4.74 Å². The molecule has 3 nitrogen and oxygen atoms in total. The van der Waals surface area contributed by atoms with Gasteiger partial charge in [-0.15, -0.1) is 0 Å². The molecular formula is C13H13F3N2O. The molecule has 102 valence electrons. The molecule has 1 heterocycles. The van der Waals surface area contributed by atoms with Gasteiger partial charge in [-0.1, -0.05) is 12.1 Å². The summed E-state index contributed by atoms with van der Waals surface area (Å²) in [7, 11) is 0. The van der Waals surface area contributed by atoms with E-state index in [1.807, 2.05) is 11.5 Å². The molecule has 0 aliphatic carbocycles. The molecule has 0 aliphatic rings. The van der Waals surface area contributed by atoms with Crippen LogP contribution in [0, 0.1) is 0 Å². The normalized spacial score (nSPS) is 11.6. The summed E-state index contributed by atoms with van der Waals surface area (Å²) >= 11 is 0. The SMILES string of the molecule is CCn1cnc(COc2ccccc2C(F)(F)F)c1. The highest BCUT2D eigenvalue weighted by Crippen LogP contribution is 2.36. The van der Waals surface area contributed by atoms with Crippen molar-refractivity contribution in [3.63, 3.8) is 0 Å². The Balaban J connectivity index is 2.11. The summed E-state index contributed by atoms with van der Waals surface area (Å²) in [6.07, 6.45) is -1.05. The van der Waals surface area contributed by atoms with Gasteiger partial charge in [0.05, 0.1) is 17.6 Å². The fourth-order valence-electron chi connectivity index (χ4n) is 1.63. The van der Waals surface area contributed by atoms with E-state index >= 15 is 0 Å². The zero-order valence-electron chi connectivity index (χ0n) is 10.3. The molecule has 2 rings (SSSR count). The van der Waals surface area contributed by atoms with Crippen molar-refractivity contribution in [2.75, 3.05) is 0 Å². The number of aromatic nitrogens is 2. The Bertz CT molecular complexity index is 549. The third kappa shape index (κ3) is 3.27. The van der Waals surface area contributed by atoms with Crippen LogP contribution in [0.4, 0.5) is 13.2 Å². The minimum atomic E-state index is -4.42. The second kappa shape index (κ2) is 5.34. The number of halogens is 3. The predicted molar refractivity (Wildman–Crippen MR) is 63.7 cm³/mol. The first-order valence-electron chi connectivity index (χ1n) is 5.80. The largest absolute Gasteiger partial charge is 0.487 e. The van der Waals surface area contributed by atoms with Crippen molar-refractivity contribution < 1.29 is 17.9 Å². The average Bonchev–Trinajstić information content (AvgIpc) is 2.83. The molecule has 0 N–H and O–H groups in total. The number of alkyl halides is 3. The highest BCUT2D eigenvalue weighted by molar-refractivity contribution is 5.35. The van der Waals surface area contributed by atoms with Crippen LogP contribution in [0.2, 0.25) is 0 Å². The highest BCUT2D eigenvalue weighted by atomic mass is 19.4. The third-order valence-electron chi connectivity index (χ3n) is 2.62. The first-order chi connectivity index (χ1) is 9.00. The second-order valence-electron chi connectivity index (χ2n) is 3.98. The number of para-hydroxylation sites is 1. The van der Waals surface area contributed by atoms with E-state index in [2.05, 4.69) is 4.98 Å². The standard InChI is InChI=1S/C13H13F3N2O/c1-2-18-7-10(17-9-18)8-19-12-6-4-3-5-11(12)13(14,15)16/h3-7,9H,2,8H2,1H3. The maximum Gasteiger partial charge on any atom is 0.419 e. The summed E-state index contributed by atoms with van der Waals surface area (Å²) in [4.78, 5) is 4.05. The highest BCUT2D eigenvalue weighted by Gasteiger charge is 2.33. The molecule has 0 atom stereocenters. The maximum atomic E-state index is 12.7. The van der Waals surface area contributed by atoms with E-state index in [0.29, 0.717) is 5.69 Å². The maximum absolute atomic E-state index is 12.7. The van der Waals surface area contributed by atoms with Crippen molar-refractivity contribution in [1.29, 1.82) is 0 Å². The summed E-state index contributed by atoms with van der Waals surface area (Å²) < 4.78 is 45.2. The van der Waals surface area contributed by atoms with E-state index in [0.717, 1.165) is 12.6 Å². The quantitative estimate of drug-likeness (QED) is 0.850. The zero-order chi connectivity index (χ0) is 13.9. The number of aryl methyl sites for hydroxylation is 1. The van der Waals surface area contributed by atoms with Crippen LogP contribution >= 0.6 is 0 Å². The smallest absolute Gasteiger partial charge is 0.419 e. The molecule has 1 aromatic heterocycles. The number of hydrogen-bond donors (Lipinski definition) is 0. The van der Waals surface area contributed by atoms with Gasteiger partial charge in [-0.25, -0.2) is 4.98 Å². The molecule has 0 unspecified atom stereocenters. The molecule has 2 aromatic rings. The van der Waals surface area contributed by atoms with Gasteiger partial charge in [0, 0.05) is 12.7 Å². The fraction of sp³-hybridized carbons (Fsp3) is 0.308. The molecule has 0 fully saturated rings. The van der Waals surface area contributed by atoms with E-state index in [1.165, 1.54) is 18.2 Å². The Labute approximate surface area is 108 Å². The molecule has 19 heavy (non-hydrogen) atoms. The van der Waals surface area contributed by atoms with Crippen molar-refractivity contribution >= 4 is 0 Å². The van der Waals surface area contributed by atoms with E-state index in [9.17, 15) is 13.2 Å². The van der Waals surface area contributed by atoms with Crippen molar-refractivity contribution in [2.45, 2.75) is 26.3 Å². The van der Waals surface area contributed by atoms with Crippen molar-refractivity contribution in [2.24, 2.45) is 0 Å². The topological polar surface area (TPSA) is 27.1 Å². The lowest BCUT2D eigenvalue weighted by molar-refractivity contribution is -0.139. The van der Waals surface area contributed by atoms with Gasteiger partial charge in [0.15, 0.2) is 0 Å². The van der Waals surface area contributed by atoms with E-state index < -0.39 is 11.7 Å². The summed E-state index contributed by atoms with van der Waals surface area (Å²) in [5.74, 6) is -0.180. The van der Waals surface area contributed by atoms with Crippen LogP contribution in [0.3, 0.4) is 0 Å². The van der Waals surface area contributed by atoms with Gasteiger partial charge in [0.1, 0.15) is 12.4 Å². The summed E-state index contributed by atoms with van der Waals surface area (Å²) in [5, 5.41) is 0. The number of nitrogens with zero attached hydrogens (tertiary/aromatic N) is 2. The van der Waals surface area contributed by atoms with Crippen molar-refractivity contribution in [1.82, 2.24) is 9.55 Å². The minimum Gasteiger partial charge on any atom is -0.487 e. The Morgan fingerprint density at radius 1 is 1.26 bits per heavy atom. The Morgan fingerprint density at radius 2 is 2.00 bits per heavy atom. The summed E-state index contributed by atoms with van der Waals surface area (Å²) in [5.41, 5.74) is -0.177. The number of imidazole rings is 1. The van der Waals surface area contributed by atoms with Crippen molar-refractivity contribution in [3.8, 4) is 5.75 Å². The van der Waals surface area contributed by atoms with Gasteiger partial charge in [0.25, 0.3) is 0 Å². The lowest BCUT2D eigenvalue weighted by Crippen LogP contribution is -2.08. The Kier molecular flexibility index (Phi) is 3.78. The molecule has 0 saturated carbocycles. The first kappa shape index (κ1) is 13.5. The molecular weight excluding hydrogens is 257 g/mol. The lowest BCUT2D eigenvalue weighted by atomic mass is 10.2. The van der Waals surface area contributed by atoms with Crippen molar-refractivity contribution in [3.05, 3.63) is 48.0 Å². The van der Waals surface area contributed by atoms with E-state index in [-0.39, 0.29) is 12.4 Å². The Hall–Kier alpha value is -1.98. The van der Waals surface area contributed by atoms with E-state index in [1.54, 1.807) is 12.5 Å². The minimum absolute atomic E-state index is 0.0140. The molecule has 0 amide bonds. The van der Waals surface area contributed by atoms with Crippen LogP contribution in [0.25, 0.3) is 0 Å². The number of benzene rings is 1. The molecule has 0 aliphatic heterocycles. The monoisotopic (exact) mass is 270 g/mol. The van der Waals surface area contributed by atoms with Gasteiger partial charge < -0.3 is 9.30 Å². The molecule has 0 spiro atoms. The lowest BCUT2D eigenvalue weighted by Gasteiger charge is -2.12. The molecule has 6 heteroatoms. The Morgan fingerprint density at radius 3 is 2.63 bits per heavy atom. The van der Waals surface area contributed by atoms with Crippen LogP contribution in [0.15, 0.2) is 36.8 Å². The van der Waals surface area contributed by atoms with Crippen LogP contribution in [0.5, 0.6) is 5.75 Å². The number of ether oxygens (including phenoxy) is 1. The van der Waals surface area contributed by atoms with Gasteiger partial charge in [-0.05, 0) is 19.1 Å². The molecule has 0 radical (unpaired) electrons. The van der Waals surface area contributed by atoms with Gasteiger partial charge in [-0.2, -0.15) is 13.2 Å². The first-order valence-corrected chi connectivity index (χ1v) is 5.80. The summed E-state index contributed by atoms with van der Waals surface area (Å²) in [6.45, 7) is 2.72. The van der Waals surface area contributed by atoms with Crippen LogP contribution in [-0.4, -0.2) is 9.55 Å². The van der Waals surface area contributed by atoms with Crippen LogP contribution in [0.1, 0.15) is 18.2 Å². The van der Waals surface area contributed by atoms with Gasteiger partial charge in [0.2, 0.25) is 0 Å². The van der Waals surface area contributed by atoms with Crippen LogP contribution in [-0.2, 0) is 19.3 Å². The number of rotatable bonds is 4. The third-order valence-corrected chi connectivity index (χ3v) is 2.62. The van der Waals surface area contributed by atoms with Gasteiger partial charge in [-0.3, -0.25) is 0 Å². The fourth-order valence-corrected chi connectivity index (χ4v) is 1.63. The molecule has 0 bridgehead atoms. The average molecular weight is 270 g/mol. The predicted octanol–water partition coefficient (Wildman–Crippen LogP) is 3.50.